The molecule has 34 heavy (non-hydrogen) atoms. The van der Waals surface area contributed by atoms with Crippen LogP contribution in [0.1, 0.15) is 22.8 Å². The monoisotopic (exact) mass is 503 g/mol. The zero-order chi connectivity index (χ0) is 24.5. The van der Waals surface area contributed by atoms with E-state index in [1.165, 1.54) is 18.3 Å². The van der Waals surface area contributed by atoms with Gasteiger partial charge in [-0.2, -0.15) is 4.39 Å². The van der Waals surface area contributed by atoms with E-state index in [0.717, 1.165) is 22.7 Å². The van der Waals surface area contributed by atoms with Crippen LogP contribution in [-0.4, -0.2) is 37.8 Å². The number of carbonyl (C=O) groups is 3. The summed E-state index contributed by atoms with van der Waals surface area (Å²) in [6, 6.07) is 8.82. The molecule has 0 unspecified atom stereocenters. The number of amides is 4. The normalized spacial score (nSPS) is 13.4. The smallest absolute Gasteiger partial charge is 0.333 e. The minimum absolute atomic E-state index is 0.0194. The molecule has 4 amide bonds. The number of benzene rings is 1. The van der Waals surface area contributed by atoms with Gasteiger partial charge in [-0.15, -0.1) is 0 Å². The maximum atomic E-state index is 13.1. The average molecular weight is 504 g/mol. The van der Waals surface area contributed by atoms with Gasteiger partial charge in [0.2, 0.25) is 5.91 Å². The molecule has 0 atom stereocenters. The van der Waals surface area contributed by atoms with Gasteiger partial charge in [0.05, 0.1) is 18.3 Å². The van der Waals surface area contributed by atoms with Crippen molar-refractivity contribution in [3.8, 4) is 0 Å². The first-order chi connectivity index (χ1) is 16.2. The fourth-order valence-electron chi connectivity index (χ4n) is 3.33. The zero-order valence-corrected chi connectivity index (χ0v) is 19.3. The number of rotatable bonds is 6. The predicted molar refractivity (Wildman–Crippen MR) is 124 cm³/mol. The van der Waals surface area contributed by atoms with Crippen LogP contribution in [0.3, 0.4) is 0 Å². The van der Waals surface area contributed by atoms with Crippen molar-refractivity contribution in [3.63, 3.8) is 0 Å². The highest BCUT2D eigenvalue weighted by molar-refractivity contribution is 7.92. The second-order valence-electron chi connectivity index (χ2n) is 7.14. The standard InChI is InChI=1S/C21H18FN5O5S2/c1-2-23-13-3-5-15-12(9-13)10-18(28)27(20(15)29)17-7-4-14(11-24-17)25-21(30)26-34(31,32)19-8-6-16(22)33-19/h3-9,11,23H,2,10H2,1H3,(H2,25,26,30). The summed E-state index contributed by atoms with van der Waals surface area (Å²) in [6.45, 7) is 2.64. The summed E-state index contributed by atoms with van der Waals surface area (Å²) in [6.07, 6.45) is 1.20. The Bertz CT molecular complexity index is 1390. The lowest BCUT2D eigenvalue weighted by atomic mass is 9.97. The largest absolute Gasteiger partial charge is 0.385 e. The van der Waals surface area contributed by atoms with E-state index in [4.69, 9.17) is 0 Å². The van der Waals surface area contributed by atoms with Crippen molar-refractivity contribution < 1.29 is 27.2 Å². The number of nitrogens with one attached hydrogen (secondary N) is 3. The van der Waals surface area contributed by atoms with Crippen molar-refractivity contribution in [2.45, 2.75) is 17.6 Å². The number of thiophene rings is 1. The Kier molecular flexibility index (Phi) is 6.30. The van der Waals surface area contributed by atoms with Crippen LogP contribution >= 0.6 is 11.3 Å². The molecule has 0 saturated heterocycles. The SMILES string of the molecule is CCNc1ccc2c(c1)CC(=O)N(c1ccc(NC(=O)NS(=O)(=O)c3ccc(F)s3)cn1)C2=O. The predicted octanol–water partition coefficient (Wildman–Crippen LogP) is 2.95. The van der Waals surface area contributed by atoms with E-state index in [9.17, 15) is 27.2 Å². The Balaban J connectivity index is 1.46. The second kappa shape index (κ2) is 9.19. The van der Waals surface area contributed by atoms with Crippen LogP contribution in [0.5, 0.6) is 0 Å². The molecule has 1 aromatic carbocycles. The molecule has 0 aliphatic carbocycles. The molecule has 3 heterocycles. The number of pyridine rings is 1. The van der Waals surface area contributed by atoms with Crippen LogP contribution in [0.15, 0.2) is 52.9 Å². The van der Waals surface area contributed by atoms with Crippen molar-refractivity contribution in [2.75, 3.05) is 22.1 Å². The summed E-state index contributed by atoms with van der Waals surface area (Å²) in [4.78, 5) is 42.7. The quantitative estimate of drug-likeness (QED) is 0.440. The summed E-state index contributed by atoms with van der Waals surface area (Å²) in [5, 5.41) is 4.71. The number of halogens is 1. The van der Waals surface area contributed by atoms with Crippen LogP contribution in [0, 0.1) is 5.13 Å². The molecule has 4 rings (SSSR count). The van der Waals surface area contributed by atoms with Gasteiger partial charge in [0.1, 0.15) is 10.0 Å². The molecule has 1 aliphatic rings. The van der Waals surface area contributed by atoms with Crippen molar-refractivity contribution in [3.05, 3.63) is 64.9 Å². The molecule has 3 aromatic rings. The van der Waals surface area contributed by atoms with Gasteiger partial charge in [-0.3, -0.25) is 9.59 Å². The second-order valence-corrected chi connectivity index (χ2v) is 10.1. The van der Waals surface area contributed by atoms with E-state index in [-0.39, 0.29) is 22.1 Å². The summed E-state index contributed by atoms with van der Waals surface area (Å²) in [5.74, 6) is -0.912. The van der Waals surface area contributed by atoms with Crippen molar-refractivity contribution in [1.82, 2.24) is 9.71 Å². The van der Waals surface area contributed by atoms with Crippen molar-refractivity contribution >= 4 is 56.4 Å². The molecule has 2 aromatic heterocycles. The number of anilines is 3. The molecule has 0 bridgehead atoms. The van der Waals surface area contributed by atoms with Crippen LogP contribution in [0.2, 0.25) is 0 Å². The number of carbonyl (C=O) groups excluding carboxylic acids is 3. The van der Waals surface area contributed by atoms with E-state index >= 15 is 0 Å². The number of nitrogens with zero attached hydrogens (tertiary/aromatic N) is 2. The maximum Gasteiger partial charge on any atom is 0.333 e. The van der Waals surface area contributed by atoms with E-state index in [1.807, 2.05) is 6.92 Å². The fraction of sp³-hybridized carbons (Fsp3) is 0.143. The number of fused-ring (bicyclic) bond motifs is 1. The number of hydrogen-bond acceptors (Lipinski definition) is 8. The minimum Gasteiger partial charge on any atom is -0.385 e. The first-order valence-corrected chi connectivity index (χ1v) is 12.3. The summed E-state index contributed by atoms with van der Waals surface area (Å²) in [7, 11) is -4.24. The van der Waals surface area contributed by atoms with Crippen LogP contribution in [-0.2, 0) is 21.2 Å². The number of sulfonamides is 1. The Morgan fingerprint density at radius 3 is 2.56 bits per heavy atom. The van der Waals surface area contributed by atoms with Gasteiger partial charge >= 0.3 is 6.03 Å². The summed E-state index contributed by atoms with van der Waals surface area (Å²) < 4.78 is 38.7. The molecule has 176 valence electrons. The zero-order valence-electron chi connectivity index (χ0n) is 17.7. The lowest BCUT2D eigenvalue weighted by molar-refractivity contribution is -0.117. The van der Waals surface area contributed by atoms with Gasteiger partial charge < -0.3 is 10.6 Å². The van der Waals surface area contributed by atoms with E-state index in [0.29, 0.717) is 29.0 Å². The number of hydrogen-bond donors (Lipinski definition) is 3. The molecule has 1 aliphatic heterocycles. The van der Waals surface area contributed by atoms with Gasteiger partial charge in [-0.05, 0) is 55.0 Å². The van der Waals surface area contributed by atoms with Gasteiger partial charge in [-0.25, -0.2) is 27.8 Å². The van der Waals surface area contributed by atoms with Crippen LogP contribution < -0.4 is 20.3 Å². The lowest BCUT2D eigenvalue weighted by Crippen LogP contribution is -2.43. The first kappa shape index (κ1) is 23.3. The molecule has 3 N–H and O–H groups in total. The Morgan fingerprint density at radius 1 is 1.15 bits per heavy atom. The summed E-state index contributed by atoms with van der Waals surface area (Å²) >= 11 is 0.377. The topological polar surface area (TPSA) is 138 Å². The lowest BCUT2D eigenvalue weighted by Gasteiger charge is -2.26. The van der Waals surface area contributed by atoms with Crippen molar-refractivity contribution in [2.24, 2.45) is 0 Å². The molecule has 0 spiro atoms. The third kappa shape index (κ3) is 4.75. The highest BCUT2D eigenvalue weighted by Gasteiger charge is 2.33. The Hall–Kier alpha value is -3.84. The van der Waals surface area contributed by atoms with Gasteiger partial charge in [0.25, 0.3) is 15.9 Å². The van der Waals surface area contributed by atoms with Crippen LogP contribution in [0.4, 0.5) is 26.4 Å². The molecular formula is C21H18FN5O5S2. The number of imide groups is 1. The molecule has 0 fully saturated rings. The molecule has 0 saturated carbocycles. The van der Waals surface area contributed by atoms with Crippen LogP contribution in [0.25, 0.3) is 0 Å². The molecular weight excluding hydrogens is 485 g/mol. The first-order valence-electron chi connectivity index (χ1n) is 9.97. The molecule has 13 heteroatoms. The third-order valence-electron chi connectivity index (χ3n) is 4.79. The van der Waals surface area contributed by atoms with Gasteiger partial charge in [-0.1, -0.05) is 11.3 Å². The van der Waals surface area contributed by atoms with E-state index in [1.54, 1.807) is 22.9 Å². The minimum atomic E-state index is -4.24. The third-order valence-corrected chi connectivity index (χ3v) is 7.48. The van der Waals surface area contributed by atoms with E-state index < -0.39 is 33.0 Å². The van der Waals surface area contributed by atoms with Gasteiger partial charge in [0, 0.05) is 17.8 Å². The maximum absolute atomic E-state index is 13.1. The van der Waals surface area contributed by atoms with Gasteiger partial charge in [0.15, 0.2) is 5.13 Å². The number of urea groups is 1. The van der Waals surface area contributed by atoms with Crippen molar-refractivity contribution in [1.29, 1.82) is 0 Å². The summed E-state index contributed by atoms with van der Waals surface area (Å²) in [5.41, 5.74) is 1.93. The van der Waals surface area contributed by atoms with E-state index in [2.05, 4.69) is 15.6 Å². The fourth-order valence-corrected chi connectivity index (χ4v) is 5.24. The molecule has 0 radical (unpaired) electrons. The highest BCUT2D eigenvalue weighted by Crippen LogP contribution is 2.27. The number of aromatic nitrogens is 1. The molecule has 10 nitrogen and oxygen atoms in total. The Morgan fingerprint density at radius 2 is 1.91 bits per heavy atom. The Labute approximate surface area is 197 Å². The highest BCUT2D eigenvalue weighted by atomic mass is 32.2. The average Bonchev–Trinajstić information content (AvgIpc) is 3.22.